The maximum atomic E-state index is 11.2. The first-order chi connectivity index (χ1) is 5.67. The van der Waals surface area contributed by atoms with Crippen LogP contribution in [0.25, 0.3) is 0 Å². The first kappa shape index (κ1) is 11.9. The highest BCUT2D eigenvalue weighted by Crippen LogP contribution is 2.29. The van der Waals surface area contributed by atoms with E-state index in [1.54, 1.807) is 20.8 Å². The molecule has 0 aromatic rings. The van der Waals surface area contributed by atoms with Gasteiger partial charge in [-0.15, -0.1) is 0 Å². The van der Waals surface area contributed by atoms with Crippen molar-refractivity contribution < 1.29 is 19.4 Å². The average Bonchev–Trinajstić information content (AvgIpc) is 1.98. The molecule has 0 heterocycles. The molecule has 0 radical (unpaired) electrons. The van der Waals surface area contributed by atoms with Crippen LogP contribution < -0.4 is 5.73 Å². The summed E-state index contributed by atoms with van der Waals surface area (Å²) in [4.78, 5) is 22.0. The third-order valence-corrected chi connectivity index (χ3v) is 2.03. The molecule has 76 valence electrons. The summed E-state index contributed by atoms with van der Waals surface area (Å²) in [5, 5.41) is 8.84. The molecule has 0 aliphatic rings. The number of methoxy groups -OCH3 is 1. The minimum atomic E-state index is -2.00. The molecular weight excluding hydrogens is 174 g/mol. The molecule has 0 spiro atoms. The minimum Gasteiger partial charge on any atom is -0.479 e. The highest BCUT2D eigenvalue weighted by Gasteiger charge is 2.53. The SMILES string of the molecule is COC(=O)[C@@](N)(C(=O)O)C(C)(C)C. The summed E-state index contributed by atoms with van der Waals surface area (Å²) in [6, 6.07) is 0. The summed E-state index contributed by atoms with van der Waals surface area (Å²) < 4.78 is 4.36. The van der Waals surface area contributed by atoms with Gasteiger partial charge in [0.25, 0.3) is 0 Å². The maximum Gasteiger partial charge on any atom is 0.338 e. The molecule has 13 heavy (non-hydrogen) atoms. The second-order valence-electron chi connectivity index (χ2n) is 3.85. The van der Waals surface area contributed by atoms with E-state index in [2.05, 4.69) is 4.74 Å². The number of esters is 1. The standard InChI is InChI=1S/C8H15NO4/c1-7(2,3)8(9,5(10)11)6(12)13-4/h9H2,1-4H3,(H,10,11)/t8-/m0/s1. The lowest BCUT2D eigenvalue weighted by Crippen LogP contribution is -2.63. The Balaban J connectivity index is 5.20. The molecule has 3 N–H and O–H groups in total. The molecule has 0 bridgehead atoms. The van der Waals surface area contributed by atoms with Crippen molar-refractivity contribution in [3.8, 4) is 0 Å². The molecule has 0 aliphatic heterocycles. The van der Waals surface area contributed by atoms with Gasteiger partial charge in [-0.2, -0.15) is 0 Å². The Labute approximate surface area is 76.9 Å². The highest BCUT2D eigenvalue weighted by atomic mass is 16.5. The van der Waals surface area contributed by atoms with Crippen molar-refractivity contribution in [1.82, 2.24) is 0 Å². The molecule has 0 saturated heterocycles. The van der Waals surface area contributed by atoms with Gasteiger partial charge in [-0.05, 0) is 0 Å². The summed E-state index contributed by atoms with van der Waals surface area (Å²) in [5.41, 5.74) is 2.60. The van der Waals surface area contributed by atoms with Crippen molar-refractivity contribution in [3.63, 3.8) is 0 Å². The van der Waals surface area contributed by atoms with E-state index in [9.17, 15) is 9.59 Å². The fourth-order valence-electron chi connectivity index (χ4n) is 0.875. The first-order valence-corrected chi connectivity index (χ1v) is 3.78. The highest BCUT2D eigenvalue weighted by molar-refractivity contribution is 6.04. The van der Waals surface area contributed by atoms with Crippen molar-refractivity contribution in [2.75, 3.05) is 7.11 Å². The maximum absolute atomic E-state index is 11.2. The summed E-state index contributed by atoms with van der Waals surface area (Å²) in [6.45, 7) is 4.70. The molecule has 0 amide bonds. The summed E-state index contributed by atoms with van der Waals surface area (Å²) >= 11 is 0. The number of hydrogen-bond acceptors (Lipinski definition) is 4. The molecule has 0 fully saturated rings. The van der Waals surface area contributed by atoms with Crippen LogP contribution in [-0.2, 0) is 14.3 Å². The zero-order chi connectivity index (χ0) is 10.9. The van der Waals surface area contributed by atoms with Gasteiger partial charge >= 0.3 is 11.9 Å². The molecule has 5 nitrogen and oxygen atoms in total. The minimum absolute atomic E-state index is 0.897. The van der Waals surface area contributed by atoms with E-state index in [4.69, 9.17) is 10.8 Å². The zero-order valence-electron chi connectivity index (χ0n) is 8.25. The number of carbonyl (C=O) groups excluding carboxylic acids is 1. The molecule has 0 aliphatic carbocycles. The van der Waals surface area contributed by atoms with Crippen molar-refractivity contribution in [1.29, 1.82) is 0 Å². The number of rotatable bonds is 2. The molecular formula is C8H15NO4. The van der Waals surface area contributed by atoms with Gasteiger partial charge in [0.05, 0.1) is 7.11 Å². The molecule has 5 heteroatoms. The van der Waals surface area contributed by atoms with Crippen LogP contribution in [0.3, 0.4) is 0 Å². The summed E-state index contributed by atoms with van der Waals surface area (Å²) in [6.07, 6.45) is 0. The molecule has 0 aromatic carbocycles. The van der Waals surface area contributed by atoms with Gasteiger partial charge in [0.1, 0.15) is 0 Å². The fraction of sp³-hybridized carbons (Fsp3) is 0.750. The van der Waals surface area contributed by atoms with Crippen molar-refractivity contribution in [3.05, 3.63) is 0 Å². The second kappa shape index (κ2) is 3.33. The fourth-order valence-corrected chi connectivity index (χ4v) is 0.875. The third kappa shape index (κ3) is 1.80. The van der Waals surface area contributed by atoms with Gasteiger partial charge < -0.3 is 15.6 Å². The van der Waals surface area contributed by atoms with Crippen molar-refractivity contribution in [2.24, 2.45) is 11.1 Å². The van der Waals surface area contributed by atoms with Crippen LogP contribution in [0.4, 0.5) is 0 Å². The predicted octanol–water partition coefficient (Wildman–Crippen LogP) is -0.0124. The molecule has 1 atom stereocenters. The molecule has 0 aromatic heterocycles. The monoisotopic (exact) mass is 189 g/mol. The second-order valence-corrected chi connectivity index (χ2v) is 3.85. The summed E-state index contributed by atoms with van der Waals surface area (Å²) in [5.74, 6) is -2.32. The van der Waals surface area contributed by atoms with Crippen LogP contribution >= 0.6 is 0 Å². The van der Waals surface area contributed by atoms with Crippen LogP contribution in [0.1, 0.15) is 20.8 Å². The average molecular weight is 189 g/mol. The van der Waals surface area contributed by atoms with Gasteiger partial charge in [0.2, 0.25) is 5.54 Å². The van der Waals surface area contributed by atoms with Crippen LogP contribution in [0.15, 0.2) is 0 Å². The van der Waals surface area contributed by atoms with Gasteiger partial charge in [0.15, 0.2) is 0 Å². The van der Waals surface area contributed by atoms with Gasteiger partial charge in [-0.25, -0.2) is 9.59 Å². The van der Waals surface area contributed by atoms with Gasteiger partial charge in [0, 0.05) is 5.41 Å². The first-order valence-electron chi connectivity index (χ1n) is 3.78. The summed E-state index contributed by atoms with van der Waals surface area (Å²) in [7, 11) is 1.11. The van der Waals surface area contributed by atoms with E-state index in [1.807, 2.05) is 0 Å². The Morgan fingerprint density at radius 3 is 1.77 bits per heavy atom. The van der Waals surface area contributed by atoms with E-state index >= 15 is 0 Å². The predicted molar refractivity (Wildman–Crippen MR) is 46.0 cm³/mol. The Hall–Kier alpha value is -1.10. The van der Waals surface area contributed by atoms with E-state index in [1.165, 1.54) is 0 Å². The largest absolute Gasteiger partial charge is 0.479 e. The smallest absolute Gasteiger partial charge is 0.338 e. The Morgan fingerprint density at radius 1 is 1.31 bits per heavy atom. The Bertz CT molecular complexity index is 231. The number of carboxylic acids is 1. The van der Waals surface area contributed by atoms with Crippen LogP contribution in [0.2, 0.25) is 0 Å². The van der Waals surface area contributed by atoms with Crippen LogP contribution in [-0.4, -0.2) is 29.7 Å². The van der Waals surface area contributed by atoms with Gasteiger partial charge in [-0.3, -0.25) is 0 Å². The lowest BCUT2D eigenvalue weighted by molar-refractivity contribution is -0.165. The lowest BCUT2D eigenvalue weighted by Gasteiger charge is -2.34. The van der Waals surface area contributed by atoms with E-state index < -0.39 is 22.9 Å². The van der Waals surface area contributed by atoms with Crippen molar-refractivity contribution in [2.45, 2.75) is 26.3 Å². The number of carbonyl (C=O) groups is 2. The molecule has 0 unspecified atom stereocenters. The van der Waals surface area contributed by atoms with Gasteiger partial charge in [-0.1, -0.05) is 20.8 Å². The van der Waals surface area contributed by atoms with Crippen LogP contribution in [0.5, 0.6) is 0 Å². The third-order valence-electron chi connectivity index (χ3n) is 2.03. The quantitative estimate of drug-likeness (QED) is 0.471. The molecule has 0 rings (SSSR count). The van der Waals surface area contributed by atoms with E-state index in [0.29, 0.717) is 0 Å². The van der Waals surface area contributed by atoms with Crippen molar-refractivity contribution >= 4 is 11.9 Å². The lowest BCUT2D eigenvalue weighted by atomic mass is 9.74. The number of aliphatic carboxylic acids is 1. The Morgan fingerprint density at radius 2 is 1.69 bits per heavy atom. The topological polar surface area (TPSA) is 89.6 Å². The zero-order valence-corrected chi connectivity index (χ0v) is 8.25. The molecule has 0 saturated carbocycles. The number of nitrogens with two attached hydrogens (primary N) is 1. The van der Waals surface area contributed by atoms with E-state index in [0.717, 1.165) is 7.11 Å². The number of ether oxygens (including phenoxy) is 1. The Kier molecular flexibility index (Phi) is 3.05. The van der Waals surface area contributed by atoms with Crippen LogP contribution in [0, 0.1) is 5.41 Å². The number of carboxylic acid groups (broad SMARTS) is 1. The van der Waals surface area contributed by atoms with E-state index in [-0.39, 0.29) is 0 Å². The number of hydrogen-bond donors (Lipinski definition) is 2. The normalized spacial score (nSPS) is 16.1.